The molecule has 1 unspecified atom stereocenters. The van der Waals surface area contributed by atoms with Crippen LogP contribution in [0.25, 0.3) is 0 Å². The fourth-order valence-corrected chi connectivity index (χ4v) is 0.702. The summed E-state index contributed by atoms with van der Waals surface area (Å²) in [4.78, 5) is 9.80. The van der Waals surface area contributed by atoms with Crippen LogP contribution in [0.4, 0.5) is 0 Å². The average molecular weight is 201 g/mol. The van der Waals surface area contributed by atoms with E-state index in [1.807, 2.05) is 6.92 Å². The predicted octanol–water partition coefficient (Wildman–Crippen LogP) is 1.82. The van der Waals surface area contributed by atoms with E-state index < -0.39 is 8.15 Å². The second-order valence-electron chi connectivity index (χ2n) is 1.07. The Bertz CT molecular complexity index is 60.0. The monoisotopic (exact) mass is 200 g/mol. The van der Waals surface area contributed by atoms with Gasteiger partial charge in [0.25, 0.3) is 0 Å². The van der Waals surface area contributed by atoms with Crippen LogP contribution in [0.5, 0.6) is 0 Å². The maximum absolute atomic E-state index is 9.80. The van der Waals surface area contributed by atoms with Gasteiger partial charge in [0.15, 0.2) is 6.03 Å². The SMILES string of the molecule is Br.CCOP(C)C=O. The van der Waals surface area contributed by atoms with Gasteiger partial charge in [-0.1, -0.05) is 0 Å². The predicted molar refractivity (Wildman–Crippen MR) is 41.5 cm³/mol. The molecule has 0 spiro atoms. The third kappa shape index (κ3) is 6.54. The second kappa shape index (κ2) is 7.54. The lowest BCUT2D eigenvalue weighted by atomic mass is 10.9. The molecule has 0 bridgehead atoms. The summed E-state index contributed by atoms with van der Waals surface area (Å²) in [5.41, 5.74) is 0. The van der Waals surface area contributed by atoms with Crippen LogP contribution >= 0.6 is 25.1 Å². The largest absolute Gasteiger partial charge is 0.352 e. The summed E-state index contributed by atoms with van der Waals surface area (Å²) in [6.07, 6.45) is 0. The Labute approximate surface area is 61.2 Å². The van der Waals surface area contributed by atoms with Crippen LogP contribution < -0.4 is 0 Å². The number of carbonyl (C=O) groups is 1. The van der Waals surface area contributed by atoms with Gasteiger partial charge in [-0.15, -0.1) is 17.0 Å². The molecule has 1 atom stereocenters. The molecule has 0 aromatic heterocycles. The lowest BCUT2D eigenvalue weighted by molar-refractivity contribution is 0.385. The lowest BCUT2D eigenvalue weighted by Crippen LogP contribution is -1.80. The molecule has 0 aliphatic carbocycles. The van der Waals surface area contributed by atoms with E-state index in [2.05, 4.69) is 0 Å². The van der Waals surface area contributed by atoms with E-state index >= 15 is 0 Å². The molecule has 8 heavy (non-hydrogen) atoms. The molecule has 0 N–H and O–H groups in total. The van der Waals surface area contributed by atoms with Crippen LogP contribution in [0.1, 0.15) is 6.92 Å². The summed E-state index contributed by atoms with van der Waals surface area (Å²) in [5, 5.41) is 0. The highest BCUT2D eigenvalue weighted by Crippen LogP contribution is 2.25. The van der Waals surface area contributed by atoms with Crippen LogP contribution in [-0.2, 0) is 9.32 Å². The quantitative estimate of drug-likeness (QED) is 0.514. The van der Waals surface area contributed by atoms with Crippen molar-refractivity contribution in [3.8, 4) is 0 Å². The summed E-state index contributed by atoms with van der Waals surface area (Å²) in [5.74, 6) is 0. The molecule has 0 radical (unpaired) electrons. The van der Waals surface area contributed by atoms with Gasteiger partial charge in [-0.05, 0) is 13.6 Å². The third-order valence-corrected chi connectivity index (χ3v) is 1.44. The fraction of sp³-hybridized carbons (Fsp3) is 0.750. The number of hydrogen-bond donors (Lipinski definition) is 0. The molecule has 2 nitrogen and oxygen atoms in total. The average Bonchev–Trinajstić information content (AvgIpc) is 1.68. The van der Waals surface area contributed by atoms with E-state index in [9.17, 15) is 4.79 Å². The Kier molecular flexibility index (Phi) is 10.7. The van der Waals surface area contributed by atoms with E-state index in [0.29, 0.717) is 6.61 Å². The highest BCUT2D eigenvalue weighted by Gasteiger charge is 1.92. The van der Waals surface area contributed by atoms with E-state index in [1.165, 1.54) is 0 Å². The van der Waals surface area contributed by atoms with Gasteiger partial charge in [-0.3, -0.25) is 4.79 Å². The molecule has 0 aliphatic heterocycles. The van der Waals surface area contributed by atoms with E-state index in [1.54, 1.807) is 6.66 Å². The maximum atomic E-state index is 9.80. The maximum Gasteiger partial charge on any atom is 0.168 e. The summed E-state index contributed by atoms with van der Waals surface area (Å²) >= 11 is 0. The Morgan fingerprint density at radius 3 is 2.38 bits per heavy atom. The Balaban J connectivity index is 0. The first kappa shape index (κ1) is 11.4. The van der Waals surface area contributed by atoms with Gasteiger partial charge in [0, 0.05) is 6.61 Å². The zero-order valence-electron chi connectivity index (χ0n) is 4.96. The molecular weight excluding hydrogens is 191 g/mol. The molecule has 0 aromatic rings. The molecule has 0 saturated carbocycles. The molecule has 50 valence electrons. The van der Waals surface area contributed by atoms with Gasteiger partial charge >= 0.3 is 0 Å². The highest BCUT2D eigenvalue weighted by molar-refractivity contribution is 8.93. The minimum absolute atomic E-state index is 0. The van der Waals surface area contributed by atoms with Crippen molar-refractivity contribution in [2.24, 2.45) is 0 Å². The van der Waals surface area contributed by atoms with E-state index in [0.717, 1.165) is 6.03 Å². The Morgan fingerprint density at radius 1 is 1.75 bits per heavy atom. The van der Waals surface area contributed by atoms with Crippen molar-refractivity contribution in [2.75, 3.05) is 13.3 Å². The van der Waals surface area contributed by atoms with Gasteiger partial charge < -0.3 is 4.52 Å². The van der Waals surface area contributed by atoms with E-state index in [4.69, 9.17) is 4.52 Å². The molecule has 0 rings (SSSR count). The first-order valence-corrected chi connectivity index (χ1v) is 3.90. The minimum Gasteiger partial charge on any atom is -0.352 e. The van der Waals surface area contributed by atoms with E-state index in [-0.39, 0.29) is 17.0 Å². The van der Waals surface area contributed by atoms with Crippen molar-refractivity contribution in [1.29, 1.82) is 0 Å². The summed E-state index contributed by atoms with van der Waals surface area (Å²) in [6, 6.07) is 0.846. The fourth-order valence-electron chi connectivity index (χ4n) is 0.234. The second-order valence-corrected chi connectivity index (χ2v) is 2.63. The van der Waals surface area contributed by atoms with Crippen molar-refractivity contribution < 1.29 is 9.32 Å². The highest BCUT2D eigenvalue weighted by atomic mass is 79.9. The van der Waals surface area contributed by atoms with Crippen LogP contribution in [0.3, 0.4) is 0 Å². The van der Waals surface area contributed by atoms with Gasteiger partial charge in [0.05, 0.1) is 8.15 Å². The molecule has 0 heterocycles. The van der Waals surface area contributed by atoms with Gasteiger partial charge in [-0.25, -0.2) is 0 Å². The Hall–Kier alpha value is 0.540. The minimum atomic E-state index is -0.759. The zero-order valence-corrected chi connectivity index (χ0v) is 7.56. The number of rotatable bonds is 3. The molecule has 0 amide bonds. The van der Waals surface area contributed by atoms with Crippen LogP contribution in [0.15, 0.2) is 0 Å². The van der Waals surface area contributed by atoms with Crippen LogP contribution in [-0.4, -0.2) is 19.3 Å². The number of carbonyl (C=O) groups excluding carboxylic acids is 1. The molecule has 0 aliphatic rings. The normalized spacial score (nSPS) is 11.8. The molecule has 0 aromatic carbocycles. The lowest BCUT2D eigenvalue weighted by Gasteiger charge is -1.98. The summed E-state index contributed by atoms with van der Waals surface area (Å²) in [7, 11) is -0.759. The molecular formula is C4H10BrO2P. The van der Waals surface area contributed by atoms with Crippen molar-refractivity contribution in [3.05, 3.63) is 0 Å². The number of hydrogen-bond acceptors (Lipinski definition) is 2. The van der Waals surface area contributed by atoms with Gasteiger partial charge in [-0.2, -0.15) is 0 Å². The van der Waals surface area contributed by atoms with Crippen LogP contribution in [0.2, 0.25) is 0 Å². The molecule has 0 saturated heterocycles. The smallest absolute Gasteiger partial charge is 0.168 e. The summed E-state index contributed by atoms with van der Waals surface area (Å²) < 4.78 is 4.89. The van der Waals surface area contributed by atoms with Gasteiger partial charge in [0.2, 0.25) is 0 Å². The zero-order chi connectivity index (χ0) is 5.70. The topological polar surface area (TPSA) is 26.3 Å². The Morgan fingerprint density at radius 2 is 2.25 bits per heavy atom. The van der Waals surface area contributed by atoms with Crippen molar-refractivity contribution in [1.82, 2.24) is 0 Å². The standard InChI is InChI=1S/C4H9O2P.BrH/c1-3-6-7(2)4-5;/h4H,3H2,1-2H3;1H. The van der Waals surface area contributed by atoms with Crippen LogP contribution in [0, 0.1) is 0 Å². The first-order valence-electron chi connectivity index (χ1n) is 2.12. The first-order chi connectivity index (χ1) is 3.31. The van der Waals surface area contributed by atoms with Crippen molar-refractivity contribution >= 4 is 31.2 Å². The number of halogens is 1. The molecule has 0 fully saturated rings. The van der Waals surface area contributed by atoms with Crippen molar-refractivity contribution in [3.63, 3.8) is 0 Å². The molecule has 4 heteroatoms. The summed E-state index contributed by atoms with van der Waals surface area (Å²) in [6.45, 7) is 4.30. The van der Waals surface area contributed by atoms with Gasteiger partial charge in [0.1, 0.15) is 0 Å². The third-order valence-electron chi connectivity index (χ3n) is 0.481. The van der Waals surface area contributed by atoms with Crippen molar-refractivity contribution in [2.45, 2.75) is 6.92 Å².